The molecule has 0 aliphatic heterocycles. The second kappa shape index (κ2) is 3.48. The van der Waals surface area contributed by atoms with Crippen LogP contribution in [0.4, 0.5) is 5.69 Å². The average molecular weight is 135 g/mol. The van der Waals surface area contributed by atoms with Crippen LogP contribution in [0, 0.1) is 0 Å². The zero-order chi connectivity index (χ0) is 7.23. The van der Waals surface area contributed by atoms with Crippen molar-refractivity contribution in [2.45, 2.75) is 0 Å². The Labute approximate surface area is 58.4 Å². The predicted octanol–water partition coefficient (Wildman–Crippen LogP) is 1.31. The summed E-state index contributed by atoms with van der Waals surface area (Å²) in [7, 11) is 1.57. The summed E-state index contributed by atoms with van der Waals surface area (Å²) >= 11 is 0. The van der Waals surface area contributed by atoms with Crippen molar-refractivity contribution < 1.29 is 0 Å². The number of rotatable bonds is 1. The van der Waals surface area contributed by atoms with Gasteiger partial charge in [-0.1, -0.05) is 0 Å². The maximum absolute atomic E-state index is 3.84. The van der Waals surface area contributed by atoms with Crippen LogP contribution in [0.3, 0.4) is 0 Å². The minimum Gasteiger partial charge on any atom is -0.262 e. The van der Waals surface area contributed by atoms with Gasteiger partial charge in [0.05, 0.1) is 6.20 Å². The zero-order valence-electron chi connectivity index (χ0n) is 5.60. The minimum absolute atomic E-state index is 0.716. The average Bonchev–Trinajstić information content (AvgIpc) is 2.03. The van der Waals surface area contributed by atoms with Gasteiger partial charge in [-0.05, 0) is 12.1 Å². The van der Waals surface area contributed by atoms with E-state index in [1.54, 1.807) is 25.5 Å². The van der Waals surface area contributed by atoms with E-state index in [2.05, 4.69) is 20.1 Å². The monoisotopic (exact) mass is 135 g/mol. The molecule has 0 N–H and O–H groups in total. The Balaban J connectivity index is 2.87. The van der Waals surface area contributed by atoms with Gasteiger partial charge in [-0.2, -0.15) is 0 Å². The smallest absolute Gasteiger partial charge is 0.222 e. The Kier molecular flexibility index (Phi) is 2.29. The molecule has 0 aromatic carbocycles. The molecule has 10 heavy (non-hydrogen) atoms. The van der Waals surface area contributed by atoms with E-state index in [0.717, 1.165) is 0 Å². The number of hydrogen-bond acceptors (Lipinski definition) is 3. The van der Waals surface area contributed by atoms with Gasteiger partial charge in [0.2, 0.25) is 4.91 Å². The van der Waals surface area contributed by atoms with Gasteiger partial charge in [0.1, 0.15) is 12.2 Å². The molecule has 50 valence electrons. The van der Waals surface area contributed by atoms with Crippen LogP contribution in [-0.4, -0.2) is 12.0 Å². The van der Waals surface area contributed by atoms with E-state index in [9.17, 15) is 0 Å². The van der Waals surface area contributed by atoms with Gasteiger partial charge in [0, 0.05) is 6.20 Å². The summed E-state index contributed by atoms with van der Waals surface area (Å²) in [5, 5.41) is 7.18. The Bertz CT molecular complexity index is 248. The van der Waals surface area contributed by atoms with Crippen LogP contribution in [0.5, 0.6) is 0 Å². The molecule has 1 heterocycles. The van der Waals surface area contributed by atoms with Crippen molar-refractivity contribution in [2.75, 3.05) is 7.05 Å². The summed E-state index contributed by atoms with van der Waals surface area (Å²) in [6.45, 7) is 0. The van der Waals surface area contributed by atoms with E-state index in [4.69, 9.17) is 0 Å². The van der Waals surface area contributed by atoms with Crippen LogP contribution < -0.4 is 4.91 Å². The summed E-state index contributed by atoms with van der Waals surface area (Å²) in [5.41, 5.74) is 0.716. The number of hydrogen-bond donors (Lipinski definition) is 0. The molecule has 0 fully saturated rings. The Morgan fingerprint density at radius 2 is 2.50 bits per heavy atom. The summed E-state index contributed by atoms with van der Waals surface area (Å²) in [6.07, 6.45) is 3.30. The first-order valence-corrected chi connectivity index (χ1v) is 2.83. The lowest BCUT2D eigenvalue weighted by atomic mass is 10.4. The molecule has 1 aromatic rings. The SMILES string of the molecule is CN=[N+]=Nc1cccnc1. The molecular formula is C6H7N4+. The van der Waals surface area contributed by atoms with Crippen LogP contribution in [-0.2, 0) is 0 Å². The molecular weight excluding hydrogens is 128 g/mol. The van der Waals surface area contributed by atoms with Crippen LogP contribution >= 0.6 is 0 Å². The van der Waals surface area contributed by atoms with E-state index < -0.39 is 0 Å². The topological polar surface area (TPSA) is 51.7 Å². The Morgan fingerprint density at radius 1 is 1.60 bits per heavy atom. The molecule has 0 amide bonds. The van der Waals surface area contributed by atoms with Crippen LogP contribution in [0.1, 0.15) is 0 Å². The fraction of sp³-hybridized carbons (Fsp3) is 0.167. The molecule has 0 aliphatic rings. The Morgan fingerprint density at radius 3 is 3.10 bits per heavy atom. The summed E-state index contributed by atoms with van der Waals surface area (Å²) in [5.74, 6) is 0. The molecule has 1 aromatic heterocycles. The molecule has 4 nitrogen and oxygen atoms in total. The fourth-order valence-electron chi connectivity index (χ4n) is 0.509. The third kappa shape index (κ3) is 1.76. The zero-order valence-corrected chi connectivity index (χ0v) is 5.60. The van der Waals surface area contributed by atoms with Crippen molar-refractivity contribution in [3.63, 3.8) is 0 Å². The number of pyridine rings is 1. The van der Waals surface area contributed by atoms with Gasteiger partial charge in [-0.25, -0.2) is 0 Å². The molecule has 0 radical (unpaired) electrons. The molecule has 0 aliphatic carbocycles. The van der Waals surface area contributed by atoms with Gasteiger partial charge >= 0.3 is 0 Å². The van der Waals surface area contributed by atoms with Gasteiger partial charge in [0.15, 0.2) is 10.8 Å². The Hall–Kier alpha value is -1.54. The van der Waals surface area contributed by atoms with Crippen molar-refractivity contribution >= 4 is 5.69 Å². The van der Waals surface area contributed by atoms with Crippen molar-refractivity contribution in [3.8, 4) is 0 Å². The molecule has 0 saturated carbocycles. The van der Waals surface area contributed by atoms with Crippen LogP contribution in [0.25, 0.3) is 0 Å². The van der Waals surface area contributed by atoms with Gasteiger partial charge in [-0.3, -0.25) is 4.98 Å². The summed E-state index contributed by atoms with van der Waals surface area (Å²) in [4.78, 5) is 7.29. The maximum atomic E-state index is 3.84. The minimum atomic E-state index is 0.716. The lowest BCUT2D eigenvalue weighted by molar-refractivity contribution is 1.02. The quantitative estimate of drug-likeness (QED) is 0.423. The first-order chi connectivity index (χ1) is 4.93. The van der Waals surface area contributed by atoms with Crippen molar-refractivity contribution in [1.82, 2.24) is 9.90 Å². The van der Waals surface area contributed by atoms with Gasteiger partial charge in [0.25, 0.3) is 0 Å². The molecule has 0 saturated heterocycles. The van der Waals surface area contributed by atoms with E-state index in [1.807, 2.05) is 6.07 Å². The fourth-order valence-corrected chi connectivity index (χ4v) is 0.509. The maximum Gasteiger partial charge on any atom is 0.222 e. The van der Waals surface area contributed by atoms with Gasteiger partial charge in [-0.15, -0.1) is 0 Å². The molecule has 0 unspecified atom stereocenters. The molecule has 0 atom stereocenters. The number of aromatic nitrogens is 1. The van der Waals surface area contributed by atoms with Crippen molar-refractivity contribution in [1.29, 1.82) is 0 Å². The lowest BCUT2D eigenvalue weighted by Gasteiger charge is -1.77. The second-order valence-corrected chi connectivity index (χ2v) is 1.60. The van der Waals surface area contributed by atoms with Crippen molar-refractivity contribution in [2.24, 2.45) is 10.2 Å². The van der Waals surface area contributed by atoms with E-state index in [-0.39, 0.29) is 0 Å². The first-order valence-electron chi connectivity index (χ1n) is 2.83. The van der Waals surface area contributed by atoms with Crippen LogP contribution in [0.2, 0.25) is 0 Å². The normalized spacial score (nSPS) is 8.10. The highest BCUT2D eigenvalue weighted by Crippen LogP contribution is 2.04. The highest BCUT2D eigenvalue weighted by atomic mass is 15.2. The highest BCUT2D eigenvalue weighted by Gasteiger charge is 1.90. The van der Waals surface area contributed by atoms with E-state index in [1.165, 1.54) is 0 Å². The van der Waals surface area contributed by atoms with Crippen molar-refractivity contribution in [3.05, 3.63) is 24.5 Å². The lowest BCUT2D eigenvalue weighted by Crippen LogP contribution is -1.67. The highest BCUT2D eigenvalue weighted by molar-refractivity contribution is 5.30. The van der Waals surface area contributed by atoms with Crippen LogP contribution in [0.15, 0.2) is 34.8 Å². The molecule has 0 bridgehead atoms. The molecule has 0 spiro atoms. The number of nitrogens with zero attached hydrogens (tertiary/aromatic N) is 4. The van der Waals surface area contributed by atoms with E-state index in [0.29, 0.717) is 5.69 Å². The first kappa shape index (κ1) is 6.58. The molecule has 1 rings (SSSR count). The third-order valence-electron chi connectivity index (χ3n) is 0.896. The third-order valence-corrected chi connectivity index (χ3v) is 0.896. The standard InChI is InChI=1S/C6H7N4/c1-7-10-9-6-3-2-4-8-5-6/h2-5H,1H3/q+1. The molecule has 4 heteroatoms. The predicted molar refractivity (Wildman–Crippen MR) is 36.8 cm³/mol. The largest absolute Gasteiger partial charge is 0.262 e. The summed E-state index contributed by atoms with van der Waals surface area (Å²) in [6, 6.07) is 3.60. The van der Waals surface area contributed by atoms with Gasteiger partial charge < -0.3 is 0 Å². The van der Waals surface area contributed by atoms with E-state index >= 15 is 0 Å². The second-order valence-electron chi connectivity index (χ2n) is 1.60. The summed E-state index contributed by atoms with van der Waals surface area (Å²) < 4.78 is 0.